The summed E-state index contributed by atoms with van der Waals surface area (Å²) in [6.07, 6.45) is 2.77. The molecule has 1 aliphatic carbocycles. The van der Waals surface area contributed by atoms with Gasteiger partial charge >= 0.3 is 5.97 Å². The summed E-state index contributed by atoms with van der Waals surface area (Å²) in [7, 11) is 1.78. The van der Waals surface area contributed by atoms with Crippen LogP contribution in [0.2, 0.25) is 5.15 Å². The SMILES string of the molecule is Cn1cc2c(c1Cl)CCC2(N)C(=O)O. The summed E-state index contributed by atoms with van der Waals surface area (Å²) in [4.78, 5) is 11.0. The van der Waals surface area contributed by atoms with Gasteiger partial charge in [0, 0.05) is 18.8 Å². The second kappa shape index (κ2) is 2.74. The predicted octanol–water partition coefficient (Wildman–Crippen LogP) is 0.863. The first-order valence-electron chi connectivity index (χ1n) is 4.33. The molecule has 1 aliphatic rings. The average Bonchev–Trinajstić information content (AvgIpc) is 2.57. The summed E-state index contributed by atoms with van der Waals surface area (Å²) in [6, 6.07) is 0. The lowest BCUT2D eigenvalue weighted by Gasteiger charge is -2.17. The number of aryl methyl sites for hydroxylation is 1. The zero-order valence-electron chi connectivity index (χ0n) is 7.75. The van der Waals surface area contributed by atoms with Gasteiger partial charge in [-0.1, -0.05) is 11.6 Å². The Morgan fingerprint density at radius 1 is 1.79 bits per heavy atom. The highest BCUT2D eigenvalue weighted by atomic mass is 35.5. The molecule has 3 N–H and O–H groups in total. The molecule has 0 saturated carbocycles. The van der Waals surface area contributed by atoms with Gasteiger partial charge in [0.2, 0.25) is 0 Å². The molecule has 2 rings (SSSR count). The Morgan fingerprint density at radius 3 is 3.00 bits per heavy atom. The number of carboxylic acids is 1. The summed E-state index contributed by atoms with van der Waals surface area (Å²) in [5, 5.41) is 9.63. The summed E-state index contributed by atoms with van der Waals surface area (Å²) in [5.41, 5.74) is 6.10. The maximum atomic E-state index is 11.0. The van der Waals surface area contributed by atoms with Crippen molar-refractivity contribution in [2.75, 3.05) is 0 Å². The fraction of sp³-hybridized carbons (Fsp3) is 0.444. The number of carbonyl (C=O) groups is 1. The number of nitrogens with zero attached hydrogens (tertiary/aromatic N) is 1. The molecule has 0 bridgehead atoms. The Bertz CT molecular complexity index is 413. The standard InChI is InChI=1S/C9H11ClN2O2/c1-12-4-6-5(7(12)10)2-3-9(6,11)8(13)14/h4H,2-3,11H2,1H3,(H,13,14). The van der Waals surface area contributed by atoms with Crippen LogP contribution in [0.15, 0.2) is 6.20 Å². The van der Waals surface area contributed by atoms with Crippen molar-refractivity contribution in [2.45, 2.75) is 18.4 Å². The molecule has 1 atom stereocenters. The molecule has 5 heteroatoms. The van der Waals surface area contributed by atoms with Gasteiger partial charge < -0.3 is 15.4 Å². The Balaban J connectivity index is 2.60. The first kappa shape index (κ1) is 9.55. The van der Waals surface area contributed by atoms with Gasteiger partial charge in [-0.2, -0.15) is 0 Å². The van der Waals surface area contributed by atoms with E-state index in [1.165, 1.54) is 0 Å². The summed E-state index contributed by atoms with van der Waals surface area (Å²) in [6.45, 7) is 0. The van der Waals surface area contributed by atoms with E-state index in [0.717, 1.165) is 5.56 Å². The molecule has 0 aliphatic heterocycles. The van der Waals surface area contributed by atoms with E-state index >= 15 is 0 Å². The minimum atomic E-state index is -1.25. The number of carboxylic acid groups (broad SMARTS) is 1. The number of nitrogens with two attached hydrogens (primary N) is 1. The smallest absolute Gasteiger partial charge is 0.328 e. The van der Waals surface area contributed by atoms with Gasteiger partial charge in [-0.25, -0.2) is 4.79 Å². The van der Waals surface area contributed by atoms with Crippen molar-refractivity contribution < 1.29 is 9.90 Å². The molecule has 1 unspecified atom stereocenters. The van der Waals surface area contributed by atoms with Crippen LogP contribution >= 0.6 is 11.6 Å². The third-order valence-electron chi connectivity index (χ3n) is 2.84. The molecule has 14 heavy (non-hydrogen) atoms. The Hall–Kier alpha value is -1.00. The zero-order chi connectivity index (χ0) is 10.5. The van der Waals surface area contributed by atoms with Crippen LogP contribution in [-0.4, -0.2) is 15.6 Å². The minimum Gasteiger partial charge on any atom is -0.480 e. The molecule has 4 nitrogen and oxygen atoms in total. The van der Waals surface area contributed by atoms with Crippen LogP contribution in [0.25, 0.3) is 0 Å². The number of aliphatic carboxylic acids is 1. The van der Waals surface area contributed by atoms with Crippen LogP contribution in [0.4, 0.5) is 0 Å². The van der Waals surface area contributed by atoms with E-state index in [9.17, 15) is 4.79 Å². The van der Waals surface area contributed by atoms with Gasteiger partial charge in [-0.3, -0.25) is 0 Å². The highest BCUT2D eigenvalue weighted by Gasteiger charge is 2.44. The van der Waals surface area contributed by atoms with Crippen molar-refractivity contribution in [3.8, 4) is 0 Å². The van der Waals surface area contributed by atoms with Gasteiger partial charge in [0.25, 0.3) is 0 Å². The normalized spacial score (nSPS) is 25.1. The van der Waals surface area contributed by atoms with E-state index in [1.54, 1.807) is 17.8 Å². The number of halogens is 1. The lowest BCUT2D eigenvalue weighted by molar-refractivity contribution is -0.143. The highest BCUT2D eigenvalue weighted by Crippen LogP contribution is 2.39. The van der Waals surface area contributed by atoms with Crippen molar-refractivity contribution in [1.29, 1.82) is 0 Å². The topological polar surface area (TPSA) is 68.2 Å². The second-order valence-electron chi connectivity index (χ2n) is 3.70. The first-order chi connectivity index (χ1) is 6.47. The van der Waals surface area contributed by atoms with Crippen molar-refractivity contribution in [2.24, 2.45) is 12.8 Å². The van der Waals surface area contributed by atoms with Crippen molar-refractivity contribution in [1.82, 2.24) is 4.57 Å². The molecule has 0 spiro atoms. The van der Waals surface area contributed by atoms with Gasteiger partial charge in [0.15, 0.2) is 0 Å². The fourth-order valence-corrected chi connectivity index (χ4v) is 2.20. The van der Waals surface area contributed by atoms with Crippen molar-refractivity contribution >= 4 is 17.6 Å². The number of hydrogen-bond donors (Lipinski definition) is 2. The number of rotatable bonds is 1. The van der Waals surface area contributed by atoms with Crippen LogP contribution in [0.1, 0.15) is 17.5 Å². The lowest BCUT2D eigenvalue weighted by Crippen LogP contribution is -2.42. The molecule has 0 fully saturated rings. The van der Waals surface area contributed by atoms with Gasteiger partial charge in [-0.15, -0.1) is 0 Å². The third-order valence-corrected chi connectivity index (χ3v) is 3.33. The molecular weight excluding hydrogens is 204 g/mol. The molecule has 1 aromatic heterocycles. The zero-order valence-corrected chi connectivity index (χ0v) is 8.51. The number of hydrogen-bond acceptors (Lipinski definition) is 2. The van der Waals surface area contributed by atoms with Crippen LogP contribution < -0.4 is 5.73 Å². The predicted molar refractivity (Wildman–Crippen MR) is 52.2 cm³/mol. The first-order valence-corrected chi connectivity index (χ1v) is 4.71. The van der Waals surface area contributed by atoms with Crippen LogP contribution in [0, 0.1) is 0 Å². The van der Waals surface area contributed by atoms with Crippen molar-refractivity contribution in [3.63, 3.8) is 0 Å². The average molecular weight is 215 g/mol. The largest absolute Gasteiger partial charge is 0.480 e. The Kier molecular flexibility index (Phi) is 1.87. The summed E-state index contributed by atoms with van der Waals surface area (Å²) in [5.74, 6) is -0.987. The molecule has 0 saturated heterocycles. The van der Waals surface area contributed by atoms with E-state index < -0.39 is 11.5 Å². The summed E-state index contributed by atoms with van der Waals surface area (Å²) < 4.78 is 1.70. The van der Waals surface area contributed by atoms with Gasteiger partial charge in [0.05, 0.1) is 0 Å². The molecule has 0 amide bonds. The van der Waals surface area contributed by atoms with E-state index in [1.807, 2.05) is 0 Å². The van der Waals surface area contributed by atoms with E-state index in [2.05, 4.69) is 0 Å². The molecular formula is C9H11ClN2O2. The maximum absolute atomic E-state index is 11.0. The van der Waals surface area contributed by atoms with E-state index in [4.69, 9.17) is 22.4 Å². The number of aromatic nitrogens is 1. The number of fused-ring (bicyclic) bond motifs is 1. The molecule has 1 aromatic rings. The monoisotopic (exact) mass is 214 g/mol. The maximum Gasteiger partial charge on any atom is 0.328 e. The fourth-order valence-electron chi connectivity index (χ4n) is 1.95. The lowest BCUT2D eigenvalue weighted by atomic mass is 9.95. The Morgan fingerprint density at radius 2 is 2.43 bits per heavy atom. The van der Waals surface area contributed by atoms with Crippen LogP contribution in [-0.2, 0) is 23.8 Å². The molecule has 1 heterocycles. The van der Waals surface area contributed by atoms with Crippen LogP contribution in [0.5, 0.6) is 0 Å². The third kappa shape index (κ3) is 1.01. The Labute approximate surface area is 86.3 Å². The highest BCUT2D eigenvalue weighted by molar-refractivity contribution is 6.30. The molecule has 76 valence electrons. The quantitative estimate of drug-likeness (QED) is 0.729. The molecule has 0 aromatic carbocycles. The van der Waals surface area contributed by atoms with E-state index in [-0.39, 0.29) is 0 Å². The second-order valence-corrected chi connectivity index (χ2v) is 4.06. The minimum absolute atomic E-state index is 0.424. The van der Waals surface area contributed by atoms with Gasteiger partial charge in [0.1, 0.15) is 10.7 Å². The molecule has 0 radical (unpaired) electrons. The van der Waals surface area contributed by atoms with E-state index in [0.29, 0.717) is 23.6 Å². The van der Waals surface area contributed by atoms with Crippen LogP contribution in [0.3, 0.4) is 0 Å². The summed E-state index contributed by atoms with van der Waals surface area (Å²) >= 11 is 6.00. The van der Waals surface area contributed by atoms with Gasteiger partial charge in [-0.05, 0) is 18.4 Å². The van der Waals surface area contributed by atoms with Crippen molar-refractivity contribution in [3.05, 3.63) is 22.5 Å².